The number of aliphatic hydroxyl groups is 1. The quantitative estimate of drug-likeness (QED) is 0.836. The summed E-state index contributed by atoms with van der Waals surface area (Å²) in [6, 6.07) is 7.07. The van der Waals surface area contributed by atoms with Gasteiger partial charge in [-0.25, -0.2) is 0 Å². The first-order valence-corrected chi connectivity index (χ1v) is 7.36. The molecule has 1 aromatic heterocycles. The summed E-state index contributed by atoms with van der Waals surface area (Å²) >= 11 is 0. The van der Waals surface area contributed by atoms with E-state index in [2.05, 4.69) is 10.4 Å². The van der Waals surface area contributed by atoms with Crippen molar-refractivity contribution in [2.45, 2.75) is 38.8 Å². The highest BCUT2D eigenvalue weighted by molar-refractivity contribution is 5.81. The number of amides is 1. The van der Waals surface area contributed by atoms with Crippen LogP contribution in [0.1, 0.15) is 26.7 Å². The molecule has 0 aliphatic carbocycles. The predicted octanol–water partition coefficient (Wildman–Crippen LogP) is 1.06. The Labute approximate surface area is 128 Å². The third-order valence-electron chi connectivity index (χ3n) is 3.94. The van der Waals surface area contributed by atoms with Gasteiger partial charge in [-0.2, -0.15) is 5.10 Å². The van der Waals surface area contributed by atoms with E-state index in [1.54, 1.807) is 24.3 Å². The molecule has 0 bridgehead atoms. The van der Waals surface area contributed by atoms with Crippen LogP contribution < -0.4 is 10.7 Å². The van der Waals surface area contributed by atoms with Gasteiger partial charge in [0, 0.05) is 17.5 Å². The number of carbonyl (C=O) groups is 1. The van der Waals surface area contributed by atoms with Gasteiger partial charge in [0.05, 0.1) is 11.7 Å². The molecular formula is C16H21N3O3. The van der Waals surface area contributed by atoms with Crippen molar-refractivity contribution in [1.29, 1.82) is 0 Å². The molecule has 0 aliphatic rings. The van der Waals surface area contributed by atoms with Crippen LogP contribution in [-0.2, 0) is 11.3 Å². The summed E-state index contributed by atoms with van der Waals surface area (Å²) in [7, 11) is 0. The average molecular weight is 303 g/mol. The molecule has 6 heteroatoms. The lowest BCUT2D eigenvalue weighted by atomic mass is 9.95. The average Bonchev–Trinajstić information content (AvgIpc) is 2.50. The van der Waals surface area contributed by atoms with Crippen LogP contribution in [0.25, 0.3) is 10.9 Å². The summed E-state index contributed by atoms with van der Waals surface area (Å²) in [4.78, 5) is 24.0. The van der Waals surface area contributed by atoms with E-state index in [0.29, 0.717) is 17.3 Å². The van der Waals surface area contributed by atoms with Crippen molar-refractivity contribution < 1.29 is 9.90 Å². The van der Waals surface area contributed by atoms with Crippen molar-refractivity contribution >= 4 is 16.8 Å². The topological polar surface area (TPSA) is 84.2 Å². The maximum absolute atomic E-state index is 12.3. The SMILES string of the molecule is CCC(C)(CCO)NC(=O)Cn1ncc(=O)c2ccccc21. The Balaban J connectivity index is 2.23. The first-order chi connectivity index (χ1) is 10.5. The minimum absolute atomic E-state index is 0.0177. The standard InChI is InChI=1S/C16H21N3O3/c1-3-16(2,8-9-20)18-15(22)11-19-13-7-5-4-6-12(13)14(21)10-17-19/h4-7,10,20H,3,8-9,11H2,1-2H3,(H,18,22). The molecule has 2 aromatic rings. The second kappa shape index (κ2) is 6.70. The Bertz CT molecular complexity index is 726. The van der Waals surface area contributed by atoms with Crippen molar-refractivity contribution in [3.05, 3.63) is 40.7 Å². The minimum Gasteiger partial charge on any atom is -0.396 e. The number of rotatable bonds is 6. The molecule has 0 fully saturated rings. The Morgan fingerprint density at radius 1 is 1.41 bits per heavy atom. The van der Waals surface area contributed by atoms with Crippen molar-refractivity contribution in [3.63, 3.8) is 0 Å². The first kappa shape index (κ1) is 16.2. The fourth-order valence-electron chi connectivity index (χ4n) is 2.37. The maximum atomic E-state index is 12.3. The lowest BCUT2D eigenvalue weighted by Gasteiger charge is -2.29. The molecule has 2 rings (SSSR count). The van der Waals surface area contributed by atoms with Gasteiger partial charge in [0.1, 0.15) is 6.54 Å². The fraction of sp³-hybridized carbons (Fsp3) is 0.438. The van der Waals surface area contributed by atoms with Crippen LogP contribution in [-0.4, -0.2) is 32.9 Å². The van der Waals surface area contributed by atoms with Gasteiger partial charge in [-0.05, 0) is 31.9 Å². The molecule has 0 radical (unpaired) electrons. The van der Waals surface area contributed by atoms with Crippen LogP contribution >= 0.6 is 0 Å². The maximum Gasteiger partial charge on any atom is 0.242 e. The number of benzene rings is 1. The van der Waals surface area contributed by atoms with E-state index in [9.17, 15) is 9.59 Å². The van der Waals surface area contributed by atoms with Gasteiger partial charge in [0.25, 0.3) is 0 Å². The molecule has 118 valence electrons. The second-order valence-corrected chi connectivity index (χ2v) is 5.62. The Hall–Kier alpha value is -2.21. The van der Waals surface area contributed by atoms with E-state index < -0.39 is 5.54 Å². The van der Waals surface area contributed by atoms with Crippen LogP contribution in [0, 0.1) is 0 Å². The summed E-state index contributed by atoms with van der Waals surface area (Å²) < 4.78 is 1.51. The van der Waals surface area contributed by atoms with E-state index in [1.165, 1.54) is 10.9 Å². The number of nitrogens with one attached hydrogen (secondary N) is 1. The van der Waals surface area contributed by atoms with Crippen molar-refractivity contribution in [3.8, 4) is 0 Å². The Morgan fingerprint density at radius 3 is 2.82 bits per heavy atom. The monoisotopic (exact) mass is 303 g/mol. The molecule has 1 heterocycles. The molecule has 1 unspecified atom stereocenters. The van der Waals surface area contributed by atoms with Crippen LogP contribution in [0.4, 0.5) is 0 Å². The molecule has 0 aliphatic heterocycles. The molecule has 22 heavy (non-hydrogen) atoms. The highest BCUT2D eigenvalue weighted by Gasteiger charge is 2.23. The predicted molar refractivity (Wildman–Crippen MR) is 84.5 cm³/mol. The zero-order valence-electron chi connectivity index (χ0n) is 12.9. The van der Waals surface area contributed by atoms with E-state index >= 15 is 0 Å². The summed E-state index contributed by atoms with van der Waals surface area (Å²) in [6.45, 7) is 3.91. The normalized spacial score (nSPS) is 13.8. The number of para-hydroxylation sites is 1. The highest BCUT2D eigenvalue weighted by Crippen LogP contribution is 2.14. The Kier molecular flexibility index (Phi) is 4.92. The molecule has 0 spiro atoms. The van der Waals surface area contributed by atoms with E-state index in [0.717, 1.165) is 6.42 Å². The lowest BCUT2D eigenvalue weighted by molar-refractivity contribution is -0.123. The summed E-state index contributed by atoms with van der Waals surface area (Å²) in [5.74, 6) is -0.195. The number of hydrogen-bond acceptors (Lipinski definition) is 4. The molecular weight excluding hydrogens is 282 g/mol. The molecule has 1 atom stereocenters. The molecule has 6 nitrogen and oxygen atoms in total. The van der Waals surface area contributed by atoms with Crippen molar-refractivity contribution in [2.75, 3.05) is 6.61 Å². The van der Waals surface area contributed by atoms with Crippen molar-refractivity contribution in [2.24, 2.45) is 0 Å². The van der Waals surface area contributed by atoms with Gasteiger partial charge >= 0.3 is 0 Å². The number of aliphatic hydroxyl groups excluding tert-OH is 1. The molecule has 1 aromatic carbocycles. The summed E-state index contributed by atoms with van der Waals surface area (Å²) in [5.41, 5.74) is 0.0252. The van der Waals surface area contributed by atoms with Crippen LogP contribution in [0.5, 0.6) is 0 Å². The largest absolute Gasteiger partial charge is 0.396 e. The van der Waals surface area contributed by atoms with E-state index in [-0.39, 0.29) is 24.5 Å². The number of hydrogen-bond donors (Lipinski definition) is 2. The molecule has 2 N–H and O–H groups in total. The van der Waals surface area contributed by atoms with Crippen molar-refractivity contribution in [1.82, 2.24) is 15.1 Å². The van der Waals surface area contributed by atoms with Crippen LogP contribution in [0.3, 0.4) is 0 Å². The fourth-order valence-corrected chi connectivity index (χ4v) is 2.37. The van der Waals surface area contributed by atoms with E-state index in [4.69, 9.17) is 5.11 Å². The number of carbonyl (C=O) groups excluding carboxylic acids is 1. The van der Waals surface area contributed by atoms with Gasteiger partial charge in [-0.3, -0.25) is 14.3 Å². The zero-order valence-corrected chi connectivity index (χ0v) is 12.9. The lowest BCUT2D eigenvalue weighted by Crippen LogP contribution is -2.47. The van der Waals surface area contributed by atoms with E-state index in [1.807, 2.05) is 13.8 Å². The number of fused-ring (bicyclic) bond motifs is 1. The summed E-state index contributed by atoms with van der Waals surface area (Å²) in [5, 5.41) is 16.6. The highest BCUT2D eigenvalue weighted by atomic mass is 16.3. The molecule has 0 saturated heterocycles. The van der Waals surface area contributed by atoms with Gasteiger partial charge < -0.3 is 10.4 Å². The first-order valence-electron chi connectivity index (χ1n) is 7.36. The zero-order chi connectivity index (χ0) is 16.2. The third-order valence-corrected chi connectivity index (χ3v) is 3.94. The van der Waals surface area contributed by atoms with Gasteiger partial charge in [-0.15, -0.1) is 0 Å². The number of aromatic nitrogens is 2. The summed E-state index contributed by atoms with van der Waals surface area (Å²) in [6.07, 6.45) is 2.44. The minimum atomic E-state index is -0.444. The van der Waals surface area contributed by atoms with Gasteiger partial charge in [0.2, 0.25) is 11.3 Å². The molecule has 1 amide bonds. The smallest absolute Gasteiger partial charge is 0.242 e. The third kappa shape index (κ3) is 3.51. The van der Waals surface area contributed by atoms with Crippen LogP contribution in [0.15, 0.2) is 35.3 Å². The second-order valence-electron chi connectivity index (χ2n) is 5.62. The molecule has 0 saturated carbocycles. The van der Waals surface area contributed by atoms with Gasteiger partial charge in [0.15, 0.2) is 0 Å². The van der Waals surface area contributed by atoms with Crippen LogP contribution in [0.2, 0.25) is 0 Å². The Morgan fingerprint density at radius 2 is 2.14 bits per heavy atom. The number of nitrogens with zero attached hydrogens (tertiary/aromatic N) is 2. The van der Waals surface area contributed by atoms with Gasteiger partial charge in [-0.1, -0.05) is 19.1 Å².